The first-order valence-electron chi connectivity index (χ1n) is 5.61. The van der Waals surface area contributed by atoms with Gasteiger partial charge >= 0.3 is 0 Å². The molecule has 0 saturated carbocycles. The van der Waals surface area contributed by atoms with Crippen molar-refractivity contribution in [2.75, 3.05) is 17.3 Å². The van der Waals surface area contributed by atoms with Gasteiger partial charge in [0.2, 0.25) is 5.91 Å². The average molecular weight is 318 g/mol. The van der Waals surface area contributed by atoms with Crippen LogP contribution in [0.15, 0.2) is 24.3 Å². The molecule has 1 aromatic carbocycles. The quantitative estimate of drug-likeness (QED) is 0.889. The Balaban J connectivity index is 0.00000180. The Morgan fingerprint density at radius 1 is 1.53 bits per heavy atom. The molecule has 19 heavy (non-hydrogen) atoms. The number of nitrogens with zero attached hydrogens (tertiary/aromatic N) is 1. The number of hydrogen-bond donors (Lipinski definition) is 2. The molecule has 0 spiro atoms. The molecule has 3 N–H and O–H groups in total. The Morgan fingerprint density at radius 2 is 2.26 bits per heavy atom. The molecule has 0 aliphatic carbocycles. The Labute approximate surface area is 126 Å². The molecular formula is C12H16ClN3OS2. The number of para-hydroxylation sites is 1. The molecule has 4 nitrogen and oxygen atoms in total. The van der Waals surface area contributed by atoms with E-state index >= 15 is 0 Å². The molecule has 0 radical (unpaired) electrons. The summed E-state index contributed by atoms with van der Waals surface area (Å²) in [5.74, 6) is 0.720. The van der Waals surface area contributed by atoms with Crippen LogP contribution < -0.4 is 11.1 Å². The number of thiazole rings is 1. The van der Waals surface area contributed by atoms with Crippen molar-refractivity contribution < 1.29 is 4.79 Å². The number of aromatic nitrogens is 1. The molecule has 1 amide bonds. The molecule has 1 aromatic heterocycles. The summed E-state index contributed by atoms with van der Waals surface area (Å²) in [7, 11) is 0. The van der Waals surface area contributed by atoms with Gasteiger partial charge in [-0.1, -0.05) is 23.5 Å². The van der Waals surface area contributed by atoms with Gasteiger partial charge in [-0.2, -0.15) is 11.8 Å². The molecule has 104 valence electrons. The predicted molar refractivity (Wildman–Crippen MR) is 86.5 cm³/mol. The fourth-order valence-corrected chi connectivity index (χ4v) is 2.86. The number of carbonyl (C=O) groups is 1. The summed E-state index contributed by atoms with van der Waals surface area (Å²) in [4.78, 5) is 16.2. The van der Waals surface area contributed by atoms with Crippen LogP contribution in [0.4, 0.5) is 5.13 Å². The number of thioether (sulfide) groups is 1. The number of nitrogens with one attached hydrogen (secondary N) is 1. The van der Waals surface area contributed by atoms with E-state index in [1.807, 2.05) is 30.5 Å². The van der Waals surface area contributed by atoms with Crippen LogP contribution in [0.2, 0.25) is 0 Å². The van der Waals surface area contributed by atoms with Gasteiger partial charge in [0, 0.05) is 0 Å². The summed E-state index contributed by atoms with van der Waals surface area (Å²) in [5, 5.41) is 3.39. The molecule has 0 saturated heterocycles. The molecule has 2 rings (SSSR count). The molecule has 0 bridgehead atoms. The van der Waals surface area contributed by atoms with E-state index in [0.29, 0.717) is 11.6 Å². The number of hydrogen-bond acceptors (Lipinski definition) is 5. The van der Waals surface area contributed by atoms with E-state index in [-0.39, 0.29) is 18.3 Å². The Morgan fingerprint density at radius 3 is 2.95 bits per heavy atom. The normalized spacial score (nSPS) is 11.9. The van der Waals surface area contributed by atoms with Crippen LogP contribution in [0.5, 0.6) is 0 Å². The summed E-state index contributed by atoms with van der Waals surface area (Å²) in [6.45, 7) is 0. The first-order chi connectivity index (χ1) is 8.70. The van der Waals surface area contributed by atoms with E-state index in [1.165, 1.54) is 11.3 Å². The Bertz CT molecular complexity index is 514. The van der Waals surface area contributed by atoms with E-state index in [0.717, 1.165) is 16.0 Å². The van der Waals surface area contributed by atoms with E-state index in [2.05, 4.69) is 10.3 Å². The Hall–Kier alpha value is -0.820. The van der Waals surface area contributed by atoms with Gasteiger partial charge in [-0.25, -0.2) is 4.98 Å². The standard InChI is InChI=1S/C12H15N3OS2.ClH/c1-17-7-6-8(13)11(16)15-12-14-9-4-2-3-5-10(9)18-12;/h2-5,8H,6-7,13H2,1H3,(H,14,15,16);1H/t8-;/m0./s1. The minimum Gasteiger partial charge on any atom is -0.320 e. The van der Waals surface area contributed by atoms with Gasteiger partial charge in [0.25, 0.3) is 0 Å². The molecular weight excluding hydrogens is 302 g/mol. The smallest absolute Gasteiger partial charge is 0.243 e. The van der Waals surface area contributed by atoms with Crippen LogP contribution in [0.3, 0.4) is 0 Å². The fourth-order valence-electron chi connectivity index (χ4n) is 1.50. The van der Waals surface area contributed by atoms with Crippen LogP contribution in [0, 0.1) is 0 Å². The predicted octanol–water partition coefficient (Wildman–Crippen LogP) is 2.74. The lowest BCUT2D eigenvalue weighted by Crippen LogP contribution is -2.36. The zero-order chi connectivity index (χ0) is 13.0. The summed E-state index contributed by atoms with van der Waals surface area (Å²) in [5.41, 5.74) is 6.70. The highest BCUT2D eigenvalue weighted by atomic mass is 35.5. The third-order valence-electron chi connectivity index (χ3n) is 2.49. The van der Waals surface area contributed by atoms with Crippen LogP contribution in [-0.2, 0) is 4.79 Å². The number of fused-ring (bicyclic) bond motifs is 1. The minimum atomic E-state index is -0.468. The maximum Gasteiger partial charge on any atom is 0.243 e. The number of nitrogens with two attached hydrogens (primary N) is 1. The number of anilines is 1. The summed E-state index contributed by atoms with van der Waals surface area (Å²) >= 11 is 3.15. The van der Waals surface area contributed by atoms with Crippen molar-refractivity contribution in [3.05, 3.63) is 24.3 Å². The Kier molecular flexibility index (Phi) is 6.57. The van der Waals surface area contributed by atoms with Crippen molar-refractivity contribution in [2.45, 2.75) is 12.5 Å². The van der Waals surface area contributed by atoms with Crippen molar-refractivity contribution in [2.24, 2.45) is 5.73 Å². The topological polar surface area (TPSA) is 68.0 Å². The second-order valence-corrected chi connectivity index (χ2v) is 5.88. The first kappa shape index (κ1) is 16.2. The van der Waals surface area contributed by atoms with Crippen molar-refractivity contribution >= 4 is 56.8 Å². The largest absolute Gasteiger partial charge is 0.320 e. The van der Waals surface area contributed by atoms with Crippen LogP contribution >= 0.6 is 35.5 Å². The van der Waals surface area contributed by atoms with E-state index in [1.54, 1.807) is 11.8 Å². The van der Waals surface area contributed by atoms with Crippen molar-refractivity contribution in [3.8, 4) is 0 Å². The van der Waals surface area contributed by atoms with Crippen molar-refractivity contribution in [3.63, 3.8) is 0 Å². The van der Waals surface area contributed by atoms with Gasteiger partial charge in [-0.3, -0.25) is 4.79 Å². The summed E-state index contributed by atoms with van der Waals surface area (Å²) in [6, 6.07) is 7.32. The second kappa shape index (κ2) is 7.69. The molecule has 1 atom stereocenters. The minimum absolute atomic E-state index is 0. The SMILES string of the molecule is CSCC[C@H](N)C(=O)Nc1nc2ccccc2s1.Cl. The highest BCUT2D eigenvalue weighted by Crippen LogP contribution is 2.25. The number of halogens is 1. The third kappa shape index (κ3) is 4.35. The average Bonchev–Trinajstić information content (AvgIpc) is 2.77. The molecule has 0 aliphatic rings. The van der Waals surface area contributed by atoms with Crippen molar-refractivity contribution in [1.29, 1.82) is 0 Å². The summed E-state index contributed by atoms with van der Waals surface area (Å²) in [6.07, 6.45) is 2.68. The molecule has 1 heterocycles. The molecule has 0 fully saturated rings. The molecule has 0 unspecified atom stereocenters. The number of amides is 1. The maximum absolute atomic E-state index is 11.8. The first-order valence-corrected chi connectivity index (χ1v) is 7.82. The van der Waals surface area contributed by atoms with Crippen LogP contribution in [0.25, 0.3) is 10.2 Å². The lowest BCUT2D eigenvalue weighted by atomic mass is 10.2. The number of benzene rings is 1. The van der Waals surface area contributed by atoms with E-state index < -0.39 is 6.04 Å². The van der Waals surface area contributed by atoms with E-state index in [4.69, 9.17) is 5.73 Å². The van der Waals surface area contributed by atoms with Gasteiger partial charge in [0.05, 0.1) is 16.3 Å². The monoisotopic (exact) mass is 317 g/mol. The van der Waals surface area contributed by atoms with Crippen LogP contribution in [-0.4, -0.2) is 28.9 Å². The highest BCUT2D eigenvalue weighted by molar-refractivity contribution is 7.98. The lowest BCUT2D eigenvalue weighted by Gasteiger charge is -2.09. The van der Waals surface area contributed by atoms with Gasteiger partial charge in [0.15, 0.2) is 5.13 Å². The van der Waals surface area contributed by atoms with Crippen molar-refractivity contribution in [1.82, 2.24) is 4.98 Å². The molecule has 2 aromatic rings. The molecule has 0 aliphatic heterocycles. The molecule has 7 heteroatoms. The number of carbonyl (C=O) groups excluding carboxylic acids is 1. The highest BCUT2D eigenvalue weighted by Gasteiger charge is 2.14. The lowest BCUT2D eigenvalue weighted by molar-refractivity contribution is -0.117. The van der Waals surface area contributed by atoms with Gasteiger partial charge in [-0.15, -0.1) is 12.4 Å². The third-order valence-corrected chi connectivity index (χ3v) is 4.09. The van der Waals surface area contributed by atoms with E-state index in [9.17, 15) is 4.79 Å². The zero-order valence-corrected chi connectivity index (χ0v) is 12.9. The van der Waals surface area contributed by atoms with Crippen LogP contribution in [0.1, 0.15) is 6.42 Å². The summed E-state index contributed by atoms with van der Waals surface area (Å²) < 4.78 is 1.06. The van der Waals surface area contributed by atoms with Gasteiger partial charge in [0.1, 0.15) is 0 Å². The second-order valence-electron chi connectivity index (χ2n) is 3.86. The van der Waals surface area contributed by atoms with Gasteiger partial charge < -0.3 is 11.1 Å². The zero-order valence-electron chi connectivity index (χ0n) is 10.5. The fraction of sp³-hybridized carbons (Fsp3) is 0.333. The maximum atomic E-state index is 11.8. The van der Waals surface area contributed by atoms with Gasteiger partial charge in [-0.05, 0) is 30.6 Å². The number of rotatable bonds is 5.